The minimum Gasteiger partial charge on any atom is -0.481 e. The van der Waals surface area contributed by atoms with Crippen molar-refractivity contribution in [2.45, 2.75) is 13.5 Å². The zero-order chi connectivity index (χ0) is 19.1. The fourth-order valence-corrected chi connectivity index (χ4v) is 2.59. The van der Waals surface area contributed by atoms with Crippen LogP contribution in [0.15, 0.2) is 54.6 Å². The molecule has 0 aliphatic rings. The van der Waals surface area contributed by atoms with Gasteiger partial charge in [-0.3, -0.25) is 4.79 Å². The van der Waals surface area contributed by atoms with Gasteiger partial charge in [-0.15, -0.1) is 0 Å². The molecular weight excluding hydrogens is 330 g/mol. The molecule has 0 saturated heterocycles. The summed E-state index contributed by atoms with van der Waals surface area (Å²) in [6.45, 7) is 2.36. The number of hydrogen-bond acceptors (Lipinski definition) is 3. The van der Waals surface area contributed by atoms with Crippen molar-refractivity contribution in [3.63, 3.8) is 0 Å². The Morgan fingerprint density at radius 3 is 2.31 bits per heavy atom. The molecule has 0 aliphatic carbocycles. The van der Waals surface area contributed by atoms with Crippen molar-refractivity contribution in [1.29, 1.82) is 0 Å². The predicted octanol–water partition coefficient (Wildman–Crippen LogP) is 3.51. The van der Waals surface area contributed by atoms with Crippen molar-refractivity contribution in [2.24, 2.45) is 5.92 Å². The highest BCUT2D eigenvalue weighted by molar-refractivity contribution is 5.90. The monoisotopic (exact) mass is 355 g/mol. The first-order valence-electron chi connectivity index (χ1n) is 8.47. The van der Waals surface area contributed by atoms with Gasteiger partial charge in [-0.2, -0.15) is 0 Å². The molecule has 0 radical (unpaired) electrons. The van der Waals surface area contributed by atoms with E-state index >= 15 is 0 Å². The number of anilines is 2. The molecule has 1 unspecified atom stereocenters. The third-order valence-electron chi connectivity index (χ3n) is 4.18. The Morgan fingerprint density at radius 1 is 1.04 bits per heavy atom. The summed E-state index contributed by atoms with van der Waals surface area (Å²) in [5, 5.41) is 11.9. The molecule has 0 bridgehead atoms. The SMILES string of the molecule is CC(CN(C)C(=O)Nc1ccccc1CN(C)c1ccccc1)C(=O)O. The molecule has 2 rings (SSSR count). The molecule has 2 aromatic carbocycles. The molecule has 6 heteroatoms. The highest BCUT2D eigenvalue weighted by Crippen LogP contribution is 2.21. The molecule has 0 heterocycles. The summed E-state index contributed by atoms with van der Waals surface area (Å²) in [5.41, 5.74) is 2.78. The number of carbonyl (C=O) groups is 2. The molecule has 138 valence electrons. The van der Waals surface area contributed by atoms with Gasteiger partial charge in [-0.25, -0.2) is 4.79 Å². The van der Waals surface area contributed by atoms with E-state index in [-0.39, 0.29) is 12.6 Å². The number of para-hydroxylation sites is 2. The lowest BCUT2D eigenvalue weighted by atomic mass is 10.1. The van der Waals surface area contributed by atoms with E-state index < -0.39 is 11.9 Å². The highest BCUT2D eigenvalue weighted by atomic mass is 16.4. The first-order chi connectivity index (χ1) is 12.4. The quantitative estimate of drug-likeness (QED) is 0.797. The van der Waals surface area contributed by atoms with E-state index in [0.29, 0.717) is 6.54 Å². The van der Waals surface area contributed by atoms with Crippen molar-refractivity contribution >= 4 is 23.4 Å². The van der Waals surface area contributed by atoms with Crippen molar-refractivity contribution in [3.8, 4) is 0 Å². The predicted molar refractivity (Wildman–Crippen MR) is 103 cm³/mol. The van der Waals surface area contributed by atoms with Crippen molar-refractivity contribution in [1.82, 2.24) is 4.90 Å². The average Bonchev–Trinajstić information content (AvgIpc) is 2.63. The summed E-state index contributed by atoms with van der Waals surface area (Å²) in [5.74, 6) is -1.54. The minimum atomic E-state index is -0.922. The maximum atomic E-state index is 12.4. The highest BCUT2D eigenvalue weighted by Gasteiger charge is 2.18. The fourth-order valence-electron chi connectivity index (χ4n) is 2.59. The van der Waals surface area contributed by atoms with E-state index in [4.69, 9.17) is 5.11 Å². The third kappa shape index (κ3) is 5.24. The molecule has 0 aromatic heterocycles. The van der Waals surface area contributed by atoms with Crippen molar-refractivity contribution < 1.29 is 14.7 Å². The van der Waals surface area contributed by atoms with Gasteiger partial charge in [0.15, 0.2) is 0 Å². The Morgan fingerprint density at radius 2 is 1.65 bits per heavy atom. The molecule has 2 N–H and O–H groups in total. The number of nitrogens with zero attached hydrogens (tertiary/aromatic N) is 2. The number of amides is 2. The molecule has 6 nitrogen and oxygen atoms in total. The van der Waals surface area contributed by atoms with Crippen LogP contribution in [0.5, 0.6) is 0 Å². The van der Waals surface area contributed by atoms with Crippen LogP contribution >= 0.6 is 0 Å². The van der Waals surface area contributed by atoms with Crippen molar-refractivity contribution in [3.05, 3.63) is 60.2 Å². The van der Waals surface area contributed by atoms with Gasteiger partial charge in [0.05, 0.1) is 5.92 Å². The van der Waals surface area contributed by atoms with Crippen LogP contribution < -0.4 is 10.2 Å². The van der Waals surface area contributed by atoms with Crippen LogP contribution in [-0.4, -0.2) is 42.6 Å². The van der Waals surface area contributed by atoms with Crippen LogP contribution in [-0.2, 0) is 11.3 Å². The molecule has 26 heavy (non-hydrogen) atoms. The minimum absolute atomic E-state index is 0.146. The first kappa shape index (κ1) is 19.3. The van der Waals surface area contributed by atoms with Gasteiger partial charge in [0.1, 0.15) is 0 Å². The van der Waals surface area contributed by atoms with Crippen LogP contribution in [0.25, 0.3) is 0 Å². The third-order valence-corrected chi connectivity index (χ3v) is 4.18. The molecule has 0 spiro atoms. The van der Waals surface area contributed by atoms with Gasteiger partial charge in [0.2, 0.25) is 0 Å². The smallest absolute Gasteiger partial charge is 0.321 e. The van der Waals surface area contributed by atoms with Gasteiger partial charge in [0, 0.05) is 38.6 Å². The second-order valence-corrected chi connectivity index (χ2v) is 6.40. The van der Waals surface area contributed by atoms with E-state index in [1.165, 1.54) is 4.90 Å². The molecule has 2 amide bonds. The molecular formula is C20H25N3O3. The number of nitrogens with one attached hydrogen (secondary N) is 1. The number of carbonyl (C=O) groups excluding carboxylic acids is 1. The normalized spacial score (nSPS) is 11.5. The summed E-state index contributed by atoms with van der Waals surface area (Å²) in [7, 11) is 3.59. The van der Waals surface area contributed by atoms with Crippen LogP contribution in [0.4, 0.5) is 16.2 Å². The zero-order valence-corrected chi connectivity index (χ0v) is 15.3. The lowest BCUT2D eigenvalue weighted by Crippen LogP contribution is -2.37. The lowest BCUT2D eigenvalue weighted by molar-refractivity contribution is -0.141. The van der Waals surface area contributed by atoms with E-state index in [1.807, 2.05) is 61.6 Å². The Bertz CT molecular complexity index is 749. The van der Waals surface area contributed by atoms with Gasteiger partial charge < -0.3 is 20.2 Å². The maximum absolute atomic E-state index is 12.4. The van der Waals surface area contributed by atoms with Crippen LogP contribution in [0.3, 0.4) is 0 Å². The topological polar surface area (TPSA) is 72.9 Å². The van der Waals surface area contributed by atoms with Gasteiger partial charge in [0.25, 0.3) is 0 Å². The van der Waals surface area contributed by atoms with E-state index in [9.17, 15) is 9.59 Å². The maximum Gasteiger partial charge on any atom is 0.321 e. The van der Waals surface area contributed by atoms with E-state index in [0.717, 1.165) is 16.9 Å². The standard InChI is InChI=1S/C20H25N3O3/c1-15(19(24)25)13-23(3)20(26)21-18-12-8-7-9-16(18)14-22(2)17-10-5-4-6-11-17/h4-12,15H,13-14H2,1-3H3,(H,21,26)(H,24,25). The average molecular weight is 355 g/mol. The largest absolute Gasteiger partial charge is 0.481 e. The number of benzene rings is 2. The Labute approximate surface area is 154 Å². The number of rotatable bonds is 7. The lowest BCUT2D eigenvalue weighted by Gasteiger charge is -2.23. The Hall–Kier alpha value is -3.02. The van der Waals surface area contributed by atoms with Gasteiger partial charge in [-0.05, 0) is 23.8 Å². The summed E-state index contributed by atoms with van der Waals surface area (Å²) in [6.07, 6.45) is 0. The molecule has 1 atom stereocenters. The summed E-state index contributed by atoms with van der Waals surface area (Å²) < 4.78 is 0. The Balaban J connectivity index is 2.06. The molecule has 0 fully saturated rings. The second kappa shape index (κ2) is 8.89. The number of carboxylic acid groups (broad SMARTS) is 1. The number of carboxylic acids is 1. The van der Waals surface area contributed by atoms with E-state index in [2.05, 4.69) is 10.2 Å². The number of hydrogen-bond donors (Lipinski definition) is 2. The first-order valence-corrected chi connectivity index (χ1v) is 8.47. The molecule has 0 saturated carbocycles. The van der Waals surface area contributed by atoms with Crippen LogP contribution in [0.2, 0.25) is 0 Å². The number of aliphatic carboxylic acids is 1. The van der Waals surface area contributed by atoms with Gasteiger partial charge in [-0.1, -0.05) is 43.3 Å². The van der Waals surface area contributed by atoms with Crippen molar-refractivity contribution in [2.75, 3.05) is 30.9 Å². The molecule has 0 aliphatic heterocycles. The second-order valence-electron chi connectivity index (χ2n) is 6.40. The summed E-state index contributed by atoms with van der Waals surface area (Å²) in [4.78, 5) is 26.8. The summed E-state index contributed by atoms with van der Waals surface area (Å²) >= 11 is 0. The van der Waals surface area contributed by atoms with Crippen LogP contribution in [0.1, 0.15) is 12.5 Å². The zero-order valence-electron chi connectivity index (χ0n) is 15.3. The van der Waals surface area contributed by atoms with E-state index in [1.54, 1.807) is 14.0 Å². The summed E-state index contributed by atoms with van der Waals surface area (Å²) in [6, 6.07) is 17.3. The van der Waals surface area contributed by atoms with Crippen LogP contribution in [0, 0.1) is 5.92 Å². The fraction of sp³-hybridized carbons (Fsp3) is 0.300. The van der Waals surface area contributed by atoms with Gasteiger partial charge >= 0.3 is 12.0 Å². The number of urea groups is 1. The molecule has 2 aromatic rings. The Kier molecular flexibility index (Phi) is 6.60.